The van der Waals surface area contributed by atoms with Gasteiger partial charge in [-0.1, -0.05) is 0 Å². The fraction of sp³-hybridized carbons (Fsp3) is 0.333. The molecule has 4 nitrogen and oxygen atoms in total. The Morgan fingerprint density at radius 1 is 1.33 bits per heavy atom. The third kappa shape index (κ3) is 2.78. The molecule has 0 spiro atoms. The topological polar surface area (TPSA) is 35.6 Å². The monoisotopic (exact) mass is 306 g/mol. The van der Waals surface area contributed by atoms with E-state index in [0.29, 0.717) is 12.1 Å². The number of fused-ring (bicyclic) bond motifs is 1. The van der Waals surface area contributed by atoms with Crippen LogP contribution in [0.25, 0.3) is 11.0 Å². The molecule has 2 heterocycles. The van der Waals surface area contributed by atoms with Gasteiger partial charge in [-0.05, 0) is 25.1 Å². The molecule has 2 aromatic heterocycles. The predicted molar refractivity (Wildman–Crippen MR) is 80.9 cm³/mol. The lowest BCUT2D eigenvalue weighted by Crippen LogP contribution is -2.07. The van der Waals surface area contributed by atoms with E-state index in [-0.39, 0.29) is 11.2 Å². The van der Waals surface area contributed by atoms with Gasteiger partial charge in [-0.25, -0.2) is 9.37 Å². The second-order valence-electron chi connectivity index (χ2n) is 5.10. The Bertz CT molecular complexity index is 775. The highest BCUT2D eigenvalue weighted by molar-refractivity contribution is 6.20. The molecule has 21 heavy (non-hydrogen) atoms. The predicted octanol–water partition coefficient (Wildman–Crippen LogP) is 3.45. The molecular formula is C15H16ClFN4. The molecule has 0 amide bonds. The molecule has 0 aliphatic carbocycles. The number of alkyl halides is 1. The molecule has 3 rings (SSSR count). The number of imidazole rings is 1. The summed E-state index contributed by atoms with van der Waals surface area (Å²) < 4.78 is 17.2. The fourth-order valence-electron chi connectivity index (χ4n) is 2.48. The van der Waals surface area contributed by atoms with E-state index in [2.05, 4.69) is 10.1 Å². The average Bonchev–Trinajstić information content (AvgIpc) is 2.99. The maximum Gasteiger partial charge on any atom is 0.127 e. The standard InChI is InChI=1S/C15H16ClFN4/c1-10(16)15-18-13-9-11(17)3-4-14(13)21(15)8-6-12-5-7-20(2)19-12/h3-5,7,9-10H,6,8H2,1-2H3. The van der Waals surface area contributed by atoms with Crippen LogP contribution in [-0.4, -0.2) is 19.3 Å². The molecule has 3 aromatic rings. The molecule has 0 fully saturated rings. The first-order valence-electron chi connectivity index (χ1n) is 6.83. The van der Waals surface area contributed by atoms with E-state index in [1.54, 1.807) is 10.7 Å². The molecule has 0 saturated carbocycles. The van der Waals surface area contributed by atoms with Crippen molar-refractivity contribution in [2.75, 3.05) is 0 Å². The first-order chi connectivity index (χ1) is 10.0. The minimum absolute atomic E-state index is 0.232. The second-order valence-corrected chi connectivity index (χ2v) is 5.76. The van der Waals surface area contributed by atoms with Crippen molar-refractivity contribution < 1.29 is 4.39 Å². The smallest absolute Gasteiger partial charge is 0.127 e. The summed E-state index contributed by atoms with van der Waals surface area (Å²) in [6, 6.07) is 6.63. The minimum atomic E-state index is -0.286. The van der Waals surface area contributed by atoms with Gasteiger partial charge in [-0.2, -0.15) is 5.10 Å². The summed E-state index contributed by atoms with van der Waals surface area (Å²) in [4.78, 5) is 4.46. The maximum atomic E-state index is 13.3. The van der Waals surface area contributed by atoms with Crippen LogP contribution in [0.5, 0.6) is 0 Å². The number of nitrogens with zero attached hydrogens (tertiary/aromatic N) is 4. The van der Waals surface area contributed by atoms with Crippen molar-refractivity contribution in [2.24, 2.45) is 7.05 Å². The number of halogens is 2. The summed E-state index contributed by atoms with van der Waals surface area (Å²) in [6.07, 6.45) is 2.70. The number of hydrogen-bond donors (Lipinski definition) is 0. The molecule has 0 saturated heterocycles. The lowest BCUT2D eigenvalue weighted by Gasteiger charge is -2.09. The summed E-state index contributed by atoms with van der Waals surface area (Å²) in [5, 5.41) is 4.14. The zero-order valence-electron chi connectivity index (χ0n) is 11.9. The zero-order chi connectivity index (χ0) is 15.0. The van der Waals surface area contributed by atoms with E-state index in [1.165, 1.54) is 12.1 Å². The third-order valence-corrected chi connectivity index (χ3v) is 3.65. The van der Waals surface area contributed by atoms with Crippen molar-refractivity contribution in [3.05, 3.63) is 47.8 Å². The van der Waals surface area contributed by atoms with E-state index in [1.807, 2.05) is 30.8 Å². The molecule has 1 aromatic carbocycles. The average molecular weight is 307 g/mol. The summed E-state index contributed by atoms with van der Waals surface area (Å²) in [7, 11) is 1.89. The van der Waals surface area contributed by atoms with Crippen LogP contribution in [-0.2, 0) is 20.0 Å². The largest absolute Gasteiger partial charge is 0.326 e. The van der Waals surface area contributed by atoms with Crippen molar-refractivity contribution in [2.45, 2.75) is 25.3 Å². The fourth-order valence-corrected chi connectivity index (χ4v) is 2.65. The van der Waals surface area contributed by atoms with Crippen LogP contribution in [0.1, 0.15) is 23.8 Å². The highest BCUT2D eigenvalue weighted by Crippen LogP contribution is 2.25. The normalized spacial score (nSPS) is 13.0. The second kappa shape index (κ2) is 5.48. The Balaban J connectivity index is 1.97. The molecule has 0 radical (unpaired) electrons. The van der Waals surface area contributed by atoms with Crippen molar-refractivity contribution >= 4 is 22.6 Å². The van der Waals surface area contributed by atoms with Crippen molar-refractivity contribution in [1.82, 2.24) is 19.3 Å². The molecule has 0 aliphatic heterocycles. The Morgan fingerprint density at radius 3 is 2.81 bits per heavy atom. The van der Waals surface area contributed by atoms with E-state index in [0.717, 1.165) is 23.5 Å². The molecule has 6 heteroatoms. The van der Waals surface area contributed by atoms with Crippen molar-refractivity contribution in [1.29, 1.82) is 0 Å². The highest BCUT2D eigenvalue weighted by atomic mass is 35.5. The van der Waals surface area contributed by atoms with Crippen molar-refractivity contribution in [3.8, 4) is 0 Å². The first-order valence-corrected chi connectivity index (χ1v) is 7.26. The Morgan fingerprint density at radius 2 is 2.14 bits per heavy atom. The number of benzene rings is 1. The Labute approximate surface area is 127 Å². The Kier molecular flexibility index (Phi) is 3.68. The molecule has 1 atom stereocenters. The van der Waals surface area contributed by atoms with Crippen LogP contribution >= 0.6 is 11.6 Å². The zero-order valence-corrected chi connectivity index (χ0v) is 12.7. The van der Waals surface area contributed by atoms with Gasteiger partial charge in [0.1, 0.15) is 11.6 Å². The molecule has 1 unspecified atom stereocenters. The van der Waals surface area contributed by atoms with Gasteiger partial charge in [-0.3, -0.25) is 4.68 Å². The maximum absolute atomic E-state index is 13.3. The van der Waals surface area contributed by atoms with E-state index in [4.69, 9.17) is 11.6 Å². The van der Waals surface area contributed by atoms with E-state index in [9.17, 15) is 4.39 Å². The molecule has 110 valence electrons. The van der Waals surface area contributed by atoms with Gasteiger partial charge < -0.3 is 4.57 Å². The quantitative estimate of drug-likeness (QED) is 0.692. The van der Waals surface area contributed by atoms with Gasteiger partial charge in [0.25, 0.3) is 0 Å². The van der Waals surface area contributed by atoms with Crippen LogP contribution in [0, 0.1) is 5.82 Å². The van der Waals surface area contributed by atoms with Gasteiger partial charge in [0.15, 0.2) is 0 Å². The van der Waals surface area contributed by atoms with Crippen molar-refractivity contribution in [3.63, 3.8) is 0 Å². The number of aryl methyl sites for hydroxylation is 3. The molecular weight excluding hydrogens is 291 g/mol. The van der Waals surface area contributed by atoms with E-state index < -0.39 is 0 Å². The van der Waals surface area contributed by atoms with Gasteiger partial charge in [0.05, 0.1) is 22.1 Å². The van der Waals surface area contributed by atoms with Gasteiger partial charge >= 0.3 is 0 Å². The van der Waals surface area contributed by atoms with Crippen LogP contribution in [0.4, 0.5) is 4.39 Å². The Hall–Kier alpha value is -1.88. The van der Waals surface area contributed by atoms with Crippen LogP contribution in [0.15, 0.2) is 30.5 Å². The molecule has 0 bridgehead atoms. The summed E-state index contributed by atoms with van der Waals surface area (Å²) in [6.45, 7) is 2.59. The first kappa shape index (κ1) is 14.1. The molecule has 0 aliphatic rings. The van der Waals surface area contributed by atoms with Crippen LogP contribution in [0.2, 0.25) is 0 Å². The van der Waals surface area contributed by atoms with E-state index >= 15 is 0 Å². The summed E-state index contributed by atoms with van der Waals surface area (Å²) in [5.41, 5.74) is 2.54. The van der Waals surface area contributed by atoms with Crippen LogP contribution < -0.4 is 0 Å². The highest BCUT2D eigenvalue weighted by Gasteiger charge is 2.15. The molecule has 0 N–H and O–H groups in total. The van der Waals surface area contributed by atoms with Gasteiger partial charge in [0, 0.05) is 32.3 Å². The lowest BCUT2D eigenvalue weighted by molar-refractivity contribution is 0.628. The minimum Gasteiger partial charge on any atom is -0.326 e. The summed E-state index contributed by atoms with van der Waals surface area (Å²) in [5.74, 6) is 0.471. The van der Waals surface area contributed by atoms with Gasteiger partial charge in [-0.15, -0.1) is 11.6 Å². The SMILES string of the molecule is CC(Cl)c1nc2cc(F)ccc2n1CCc1ccn(C)n1. The number of hydrogen-bond acceptors (Lipinski definition) is 2. The number of aromatic nitrogens is 4. The van der Waals surface area contributed by atoms with Gasteiger partial charge in [0.2, 0.25) is 0 Å². The lowest BCUT2D eigenvalue weighted by atomic mass is 10.2. The number of rotatable bonds is 4. The van der Waals surface area contributed by atoms with Crippen LogP contribution in [0.3, 0.4) is 0 Å². The third-order valence-electron chi connectivity index (χ3n) is 3.46. The summed E-state index contributed by atoms with van der Waals surface area (Å²) >= 11 is 6.21.